The van der Waals surface area contributed by atoms with E-state index in [1.54, 1.807) is 0 Å². The highest BCUT2D eigenvalue weighted by atomic mass is 35.5. The topological polar surface area (TPSA) is 115 Å². The first-order valence-corrected chi connectivity index (χ1v) is 7.26. The van der Waals surface area contributed by atoms with Gasteiger partial charge in [0.15, 0.2) is 0 Å². The second-order valence-electron chi connectivity index (χ2n) is 4.81. The largest absolute Gasteiger partial charge is 0.351 e. The lowest BCUT2D eigenvalue weighted by molar-refractivity contribution is -0.384. The Balaban J connectivity index is 0.00000288. The van der Waals surface area contributed by atoms with Crippen molar-refractivity contribution in [2.45, 2.75) is 13.3 Å². The van der Waals surface area contributed by atoms with Crippen molar-refractivity contribution in [3.8, 4) is 5.69 Å². The molecule has 0 saturated heterocycles. The van der Waals surface area contributed by atoms with E-state index in [1.807, 2.05) is 0 Å². The summed E-state index contributed by atoms with van der Waals surface area (Å²) >= 11 is 0. The normalized spacial score (nSPS) is 10.0. The number of aromatic nitrogens is 3. The molecule has 0 spiro atoms. The summed E-state index contributed by atoms with van der Waals surface area (Å²) in [7, 11) is 0. The van der Waals surface area contributed by atoms with Crippen LogP contribution in [0.15, 0.2) is 30.9 Å². The summed E-state index contributed by atoms with van der Waals surface area (Å²) in [5.41, 5.74) is 0.289. The van der Waals surface area contributed by atoms with Crippen molar-refractivity contribution in [2.24, 2.45) is 0 Å². The smallest absolute Gasteiger partial charge is 0.295 e. The van der Waals surface area contributed by atoms with Gasteiger partial charge < -0.3 is 10.6 Å². The van der Waals surface area contributed by atoms with Crippen molar-refractivity contribution in [1.82, 2.24) is 25.4 Å². The first-order chi connectivity index (χ1) is 11.1. The molecule has 10 heteroatoms. The third-order valence-corrected chi connectivity index (χ3v) is 3.11. The van der Waals surface area contributed by atoms with Crippen LogP contribution in [0.25, 0.3) is 5.69 Å². The average Bonchev–Trinajstić information content (AvgIpc) is 3.08. The van der Waals surface area contributed by atoms with E-state index in [2.05, 4.69) is 27.6 Å². The monoisotopic (exact) mass is 354 g/mol. The minimum Gasteiger partial charge on any atom is -0.351 e. The van der Waals surface area contributed by atoms with Crippen molar-refractivity contribution < 1.29 is 9.72 Å². The van der Waals surface area contributed by atoms with Gasteiger partial charge in [0.2, 0.25) is 0 Å². The third-order valence-electron chi connectivity index (χ3n) is 3.11. The van der Waals surface area contributed by atoms with Gasteiger partial charge in [0.05, 0.1) is 4.92 Å². The molecule has 1 amide bonds. The van der Waals surface area contributed by atoms with Crippen LogP contribution < -0.4 is 10.6 Å². The van der Waals surface area contributed by atoms with Gasteiger partial charge in [-0.2, -0.15) is 5.10 Å². The Morgan fingerprint density at radius 2 is 2.12 bits per heavy atom. The van der Waals surface area contributed by atoms with Crippen LogP contribution >= 0.6 is 12.4 Å². The van der Waals surface area contributed by atoms with Crippen molar-refractivity contribution >= 4 is 24.0 Å². The number of carbonyl (C=O) groups is 1. The molecule has 1 aromatic carbocycles. The van der Waals surface area contributed by atoms with E-state index < -0.39 is 4.92 Å². The molecule has 2 N–H and O–H groups in total. The molecule has 9 nitrogen and oxygen atoms in total. The minimum atomic E-state index is -0.545. The fraction of sp³-hybridized carbons (Fsp3) is 0.357. The quantitative estimate of drug-likeness (QED) is 0.420. The Morgan fingerprint density at radius 1 is 1.33 bits per heavy atom. The molecular formula is C14H19ClN6O3. The van der Waals surface area contributed by atoms with E-state index in [0.717, 1.165) is 13.0 Å². The highest BCUT2D eigenvalue weighted by Gasteiger charge is 2.19. The fourth-order valence-electron chi connectivity index (χ4n) is 2.01. The summed E-state index contributed by atoms with van der Waals surface area (Å²) in [6.07, 6.45) is 3.67. The number of hydrogen-bond donors (Lipinski definition) is 2. The minimum absolute atomic E-state index is 0. The maximum Gasteiger partial charge on any atom is 0.295 e. The number of nitro benzene ring substituents is 1. The molecule has 0 aliphatic heterocycles. The number of rotatable bonds is 8. The van der Waals surface area contributed by atoms with Crippen molar-refractivity contribution in [1.29, 1.82) is 0 Å². The number of halogens is 1. The number of nitrogens with zero attached hydrogens (tertiary/aromatic N) is 4. The summed E-state index contributed by atoms with van der Waals surface area (Å²) in [5, 5.41) is 21.0. The van der Waals surface area contributed by atoms with Crippen molar-refractivity contribution in [3.05, 3.63) is 46.5 Å². The van der Waals surface area contributed by atoms with E-state index in [4.69, 9.17) is 0 Å². The zero-order valence-electron chi connectivity index (χ0n) is 13.1. The molecule has 0 aliphatic rings. The van der Waals surface area contributed by atoms with Crippen molar-refractivity contribution in [3.63, 3.8) is 0 Å². The van der Waals surface area contributed by atoms with Crippen LogP contribution in [-0.4, -0.2) is 45.2 Å². The lowest BCUT2D eigenvalue weighted by Gasteiger charge is -2.08. The molecule has 130 valence electrons. The zero-order chi connectivity index (χ0) is 16.7. The van der Waals surface area contributed by atoms with Gasteiger partial charge in [0.1, 0.15) is 18.3 Å². The molecule has 0 bridgehead atoms. The highest BCUT2D eigenvalue weighted by molar-refractivity contribution is 5.95. The van der Waals surface area contributed by atoms with Crippen LogP contribution in [0.5, 0.6) is 0 Å². The number of nitrogens with one attached hydrogen (secondary N) is 2. The molecule has 2 aromatic rings. The third kappa shape index (κ3) is 5.00. The average molecular weight is 355 g/mol. The second-order valence-corrected chi connectivity index (χ2v) is 4.81. The van der Waals surface area contributed by atoms with Gasteiger partial charge in [0.25, 0.3) is 11.6 Å². The lowest BCUT2D eigenvalue weighted by Crippen LogP contribution is -2.32. The fourth-order valence-corrected chi connectivity index (χ4v) is 2.01. The number of amides is 1. The zero-order valence-corrected chi connectivity index (χ0v) is 14.0. The number of hydrogen-bond acceptors (Lipinski definition) is 6. The molecule has 24 heavy (non-hydrogen) atoms. The van der Waals surface area contributed by atoms with Gasteiger partial charge in [0, 0.05) is 24.7 Å². The van der Waals surface area contributed by atoms with Crippen LogP contribution in [0, 0.1) is 10.1 Å². The van der Waals surface area contributed by atoms with E-state index in [9.17, 15) is 14.9 Å². The van der Waals surface area contributed by atoms with Crippen LogP contribution in [0.2, 0.25) is 0 Å². The van der Waals surface area contributed by atoms with Crippen LogP contribution in [0.4, 0.5) is 5.69 Å². The predicted octanol–water partition coefficient (Wildman–Crippen LogP) is 1.33. The first kappa shape index (κ1) is 19.5. The van der Waals surface area contributed by atoms with Crippen LogP contribution in [0.3, 0.4) is 0 Å². The van der Waals surface area contributed by atoms with E-state index >= 15 is 0 Å². The van der Waals surface area contributed by atoms with Crippen molar-refractivity contribution in [2.75, 3.05) is 19.6 Å². The first-order valence-electron chi connectivity index (χ1n) is 7.26. The summed E-state index contributed by atoms with van der Waals surface area (Å²) < 4.78 is 1.29. The van der Waals surface area contributed by atoms with Crippen LogP contribution in [-0.2, 0) is 0 Å². The molecule has 0 radical (unpaired) electrons. The molecule has 2 rings (SSSR count). The maximum atomic E-state index is 12.1. The number of nitro groups is 1. The molecule has 0 aliphatic carbocycles. The van der Waals surface area contributed by atoms with Gasteiger partial charge in [-0.05, 0) is 25.1 Å². The SMILES string of the molecule is CCCNCCNC(=O)c1ccc(-n2cncn2)c([N+](=O)[O-])c1.Cl. The molecule has 0 unspecified atom stereocenters. The van der Waals surface area contributed by atoms with Gasteiger partial charge in [-0.1, -0.05) is 6.92 Å². The van der Waals surface area contributed by atoms with E-state index in [0.29, 0.717) is 13.1 Å². The summed E-state index contributed by atoms with van der Waals surface area (Å²) in [4.78, 5) is 26.5. The second kappa shape index (κ2) is 9.58. The molecule has 0 saturated carbocycles. The maximum absolute atomic E-state index is 12.1. The van der Waals surface area contributed by atoms with Gasteiger partial charge in [-0.25, -0.2) is 9.67 Å². The summed E-state index contributed by atoms with van der Waals surface area (Å²) in [6.45, 7) is 4.05. The van der Waals surface area contributed by atoms with E-state index in [1.165, 1.54) is 35.5 Å². The molecule has 1 aromatic heterocycles. The Morgan fingerprint density at radius 3 is 2.75 bits per heavy atom. The molecule has 0 atom stereocenters. The Hall–Kier alpha value is -2.52. The van der Waals surface area contributed by atoms with Gasteiger partial charge in [-0.15, -0.1) is 12.4 Å². The number of carbonyl (C=O) groups excluding carboxylic acids is 1. The molecular weight excluding hydrogens is 336 g/mol. The van der Waals surface area contributed by atoms with E-state index in [-0.39, 0.29) is 35.3 Å². The standard InChI is InChI=1S/C14H18N6O3.ClH/c1-2-5-15-6-7-17-14(21)11-3-4-12(13(8-11)20(22)23)19-10-16-9-18-19;/h3-4,8-10,15H,2,5-7H2,1H3,(H,17,21);1H. The Kier molecular flexibility index (Phi) is 7.80. The molecule has 1 heterocycles. The Bertz CT molecular complexity index is 677. The highest BCUT2D eigenvalue weighted by Crippen LogP contribution is 2.23. The summed E-state index contributed by atoms with van der Waals surface area (Å²) in [6, 6.07) is 4.25. The van der Waals surface area contributed by atoms with Gasteiger partial charge in [-0.3, -0.25) is 14.9 Å². The summed E-state index contributed by atoms with van der Waals surface area (Å²) in [5.74, 6) is -0.350. The van der Waals surface area contributed by atoms with Crippen LogP contribution in [0.1, 0.15) is 23.7 Å². The van der Waals surface area contributed by atoms with Gasteiger partial charge >= 0.3 is 0 Å². The number of benzene rings is 1. The lowest BCUT2D eigenvalue weighted by atomic mass is 10.1. The predicted molar refractivity (Wildman–Crippen MR) is 90.8 cm³/mol. The molecule has 0 fully saturated rings. The Labute approximate surface area is 145 Å².